The molecular weight excluding hydrogens is 284 g/mol. The van der Waals surface area contributed by atoms with Gasteiger partial charge in [0.2, 0.25) is 5.91 Å². The Labute approximate surface area is 131 Å². The molecule has 1 fully saturated rings. The average Bonchev–Trinajstić information content (AvgIpc) is 2.98. The highest BCUT2D eigenvalue weighted by atomic mass is 16.5. The predicted octanol–water partition coefficient (Wildman–Crippen LogP) is 0.358. The summed E-state index contributed by atoms with van der Waals surface area (Å²) in [5.74, 6) is 0.705. The summed E-state index contributed by atoms with van der Waals surface area (Å²) < 4.78 is 6.94. The number of piperidine rings is 1. The standard InChI is InChI=1S/C14H26N6O2/c1-3-4-12(14-16-17-18-20(14)9-10-22-2)19-7-5-11(6-8-19)13(15)21/h11-12H,3-10H2,1-2H3,(H2,15,21). The number of primary amides is 1. The quantitative estimate of drug-likeness (QED) is 0.744. The largest absolute Gasteiger partial charge is 0.383 e. The number of aromatic nitrogens is 4. The van der Waals surface area contributed by atoms with E-state index < -0.39 is 0 Å². The second kappa shape index (κ2) is 8.19. The van der Waals surface area contributed by atoms with E-state index in [1.165, 1.54) is 0 Å². The first-order valence-electron chi connectivity index (χ1n) is 7.95. The smallest absolute Gasteiger partial charge is 0.220 e. The Kier molecular flexibility index (Phi) is 6.26. The lowest BCUT2D eigenvalue weighted by Crippen LogP contribution is -2.41. The Bertz CT molecular complexity index is 470. The van der Waals surface area contributed by atoms with E-state index >= 15 is 0 Å². The number of hydrogen-bond acceptors (Lipinski definition) is 6. The van der Waals surface area contributed by atoms with Crippen LogP contribution >= 0.6 is 0 Å². The van der Waals surface area contributed by atoms with Crippen molar-refractivity contribution in [2.45, 2.75) is 45.2 Å². The fourth-order valence-corrected chi connectivity index (χ4v) is 3.03. The predicted molar refractivity (Wildman–Crippen MR) is 80.8 cm³/mol. The van der Waals surface area contributed by atoms with Crippen molar-refractivity contribution >= 4 is 5.91 Å². The maximum Gasteiger partial charge on any atom is 0.220 e. The minimum atomic E-state index is -0.184. The van der Waals surface area contributed by atoms with Gasteiger partial charge in [0.15, 0.2) is 5.82 Å². The molecule has 0 saturated carbocycles. The van der Waals surface area contributed by atoms with E-state index in [9.17, 15) is 4.79 Å². The van der Waals surface area contributed by atoms with Gasteiger partial charge < -0.3 is 10.5 Å². The second-order valence-corrected chi connectivity index (χ2v) is 5.77. The summed E-state index contributed by atoms with van der Waals surface area (Å²) in [5.41, 5.74) is 5.41. The number of ether oxygens (including phenoxy) is 1. The SMILES string of the molecule is CCCC(c1nnnn1CCOC)N1CCC(C(N)=O)CC1. The van der Waals surface area contributed by atoms with Crippen LogP contribution in [0.15, 0.2) is 0 Å². The highest BCUT2D eigenvalue weighted by molar-refractivity contribution is 5.76. The van der Waals surface area contributed by atoms with Crippen molar-refractivity contribution in [3.05, 3.63) is 5.82 Å². The van der Waals surface area contributed by atoms with Gasteiger partial charge in [-0.05, 0) is 42.8 Å². The Hall–Kier alpha value is -1.54. The summed E-state index contributed by atoms with van der Waals surface area (Å²) >= 11 is 0. The first-order valence-corrected chi connectivity index (χ1v) is 7.95. The van der Waals surface area contributed by atoms with E-state index in [0.29, 0.717) is 13.2 Å². The van der Waals surface area contributed by atoms with Gasteiger partial charge in [0.05, 0.1) is 19.2 Å². The molecule has 22 heavy (non-hydrogen) atoms. The van der Waals surface area contributed by atoms with Crippen molar-refractivity contribution in [2.75, 3.05) is 26.8 Å². The monoisotopic (exact) mass is 310 g/mol. The van der Waals surface area contributed by atoms with Crippen LogP contribution in [0.25, 0.3) is 0 Å². The molecule has 0 spiro atoms. The molecule has 0 radical (unpaired) electrons. The number of rotatable bonds is 8. The third kappa shape index (κ3) is 4.01. The highest BCUT2D eigenvalue weighted by Gasteiger charge is 2.30. The van der Waals surface area contributed by atoms with Crippen molar-refractivity contribution in [3.8, 4) is 0 Å². The van der Waals surface area contributed by atoms with Crippen molar-refractivity contribution in [3.63, 3.8) is 0 Å². The Morgan fingerprint density at radius 3 is 2.77 bits per heavy atom. The molecule has 1 saturated heterocycles. The molecule has 0 bridgehead atoms. The van der Waals surface area contributed by atoms with Crippen LogP contribution in [0, 0.1) is 5.92 Å². The number of tetrazole rings is 1. The molecule has 1 unspecified atom stereocenters. The van der Waals surface area contributed by atoms with Gasteiger partial charge in [0.1, 0.15) is 0 Å². The Morgan fingerprint density at radius 2 is 2.18 bits per heavy atom. The molecule has 1 aromatic rings. The molecule has 1 aliphatic rings. The van der Waals surface area contributed by atoms with Crippen LogP contribution in [0.4, 0.5) is 0 Å². The van der Waals surface area contributed by atoms with Crippen LogP contribution in [-0.2, 0) is 16.1 Å². The van der Waals surface area contributed by atoms with Crippen LogP contribution in [-0.4, -0.2) is 57.8 Å². The molecule has 1 aromatic heterocycles. The summed E-state index contributed by atoms with van der Waals surface area (Å²) in [5, 5.41) is 12.1. The number of carbonyl (C=O) groups excluding carboxylic acids is 1. The van der Waals surface area contributed by atoms with Crippen molar-refractivity contribution in [1.29, 1.82) is 0 Å². The van der Waals surface area contributed by atoms with Crippen molar-refractivity contribution in [2.24, 2.45) is 11.7 Å². The van der Waals surface area contributed by atoms with E-state index in [1.54, 1.807) is 7.11 Å². The molecule has 2 heterocycles. The fraction of sp³-hybridized carbons (Fsp3) is 0.857. The fourth-order valence-electron chi connectivity index (χ4n) is 3.03. The molecule has 1 amide bonds. The van der Waals surface area contributed by atoms with E-state index in [-0.39, 0.29) is 17.9 Å². The van der Waals surface area contributed by atoms with E-state index in [1.807, 2.05) is 4.68 Å². The van der Waals surface area contributed by atoms with Crippen LogP contribution in [0.1, 0.15) is 44.5 Å². The summed E-state index contributed by atoms with van der Waals surface area (Å²) in [6, 6.07) is 0.186. The number of methoxy groups -OCH3 is 1. The Morgan fingerprint density at radius 1 is 1.45 bits per heavy atom. The number of carbonyl (C=O) groups is 1. The number of hydrogen-bond donors (Lipinski definition) is 1. The van der Waals surface area contributed by atoms with E-state index in [2.05, 4.69) is 27.3 Å². The first-order chi connectivity index (χ1) is 10.7. The lowest BCUT2D eigenvalue weighted by Gasteiger charge is -2.36. The van der Waals surface area contributed by atoms with Crippen LogP contribution in [0.5, 0.6) is 0 Å². The molecule has 2 rings (SSSR count). The van der Waals surface area contributed by atoms with Gasteiger partial charge in [0, 0.05) is 13.0 Å². The summed E-state index contributed by atoms with van der Waals surface area (Å²) in [6.07, 6.45) is 3.68. The Balaban J connectivity index is 2.07. The molecule has 0 aromatic carbocycles. The number of likely N-dealkylation sites (tertiary alicyclic amines) is 1. The third-order valence-electron chi connectivity index (χ3n) is 4.30. The lowest BCUT2D eigenvalue weighted by atomic mass is 9.94. The van der Waals surface area contributed by atoms with Crippen LogP contribution in [0.2, 0.25) is 0 Å². The molecule has 2 N–H and O–H groups in total. The van der Waals surface area contributed by atoms with Crippen molar-refractivity contribution in [1.82, 2.24) is 25.1 Å². The molecule has 8 heteroatoms. The maximum absolute atomic E-state index is 11.3. The zero-order chi connectivity index (χ0) is 15.9. The first kappa shape index (κ1) is 16.8. The normalized spacial score (nSPS) is 18.5. The van der Waals surface area contributed by atoms with Gasteiger partial charge in [-0.25, -0.2) is 4.68 Å². The maximum atomic E-state index is 11.3. The van der Waals surface area contributed by atoms with Gasteiger partial charge in [0.25, 0.3) is 0 Å². The van der Waals surface area contributed by atoms with Crippen LogP contribution in [0.3, 0.4) is 0 Å². The molecule has 8 nitrogen and oxygen atoms in total. The van der Waals surface area contributed by atoms with Gasteiger partial charge in [-0.1, -0.05) is 13.3 Å². The number of amides is 1. The minimum absolute atomic E-state index is 0.00279. The highest BCUT2D eigenvalue weighted by Crippen LogP contribution is 2.28. The molecular formula is C14H26N6O2. The zero-order valence-electron chi connectivity index (χ0n) is 13.4. The summed E-state index contributed by atoms with van der Waals surface area (Å²) in [4.78, 5) is 13.7. The topological polar surface area (TPSA) is 99.2 Å². The molecule has 0 aliphatic carbocycles. The minimum Gasteiger partial charge on any atom is -0.383 e. The zero-order valence-corrected chi connectivity index (χ0v) is 13.4. The lowest BCUT2D eigenvalue weighted by molar-refractivity contribution is -0.123. The van der Waals surface area contributed by atoms with Gasteiger partial charge in [-0.2, -0.15) is 0 Å². The van der Waals surface area contributed by atoms with Gasteiger partial charge in [-0.15, -0.1) is 5.10 Å². The van der Waals surface area contributed by atoms with E-state index in [4.69, 9.17) is 10.5 Å². The average molecular weight is 310 g/mol. The van der Waals surface area contributed by atoms with Crippen LogP contribution < -0.4 is 5.73 Å². The summed E-state index contributed by atoms with van der Waals surface area (Å²) in [6.45, 7) is 5.11. The number of nitrogens with two attached hydrogens (primary N) is 1. The molecule has 124 valence electrons. The third-order valence-corrected chi connectivity index (χ3v) is 4.30. The molecule has 1 aliphatic heterocycles. The van der Waals surface area contributed by atoms with E-state index in [0.717, 1.165) is 44.6 Å². The van der Waals surface area contributed by atoms with Crippen molar-refractivity contribution < 1.29 is 9.53 Å². The van der Waals surface area contributed by atoms with Gasteiger partial charge in [-0.3, -0.25) is 9.69 Å². The molecule has 1 atom stereocenters. The number of nitrogens with zero attached hydrogens (tertiary/aromatic N) is 5. The second-order valence-electron chi connectivity index (χ2n) is 5.77. The summed E-state index contributed by atoms with van der Waals surface area (Å²) in [7, 11) is 1.67. The van der Waals surface area contributed by atoms with Gasteiger partial charge >= 0.3 is 0 Å².